The van der Waals surface area contributed by atoms with Gasteiger partial charge in [0.1, 0.15) is 23.9 Å². The Balaban J connectivity index is 1.74. The number of ether oxygens (including phenoxy) is 2. The smallest absolute Gasteiger partial charge is 0.279 e. The number of para-hydroxylation sites is 1. The first-order valence-corrected chi connectivity index (χ1v) is 8.13. The molecule has 1 amide bonds. The zero-order valence-corrected chi connectivity index (χ0v) is 13.3. The van der Waals surface area contributed by atoms with Gasteiger partial charge < -0.3 is 14.8 Å². The lowest BCUT2D eigenvalue weighted by atomic mass is 10.3. The van der Waals surface area contributed by atoms with Gasteiger partial charge in [-0.2, -0.15) is 0 Å². The largest absolute Gasteiger partial charge is 0.492 e. The van der Waals surface area contributed by atoms with Gasteiger partial charge in [-0.25, -0.2) is 0 Å². The number of carbonyl (C=O) groups is 1. The average molecular weight is 317 g/mol. The van der Waals surface area contributed by atoms with Crippen molar-refractivity contribution in [2.24, 2.45) is 0 Å². The molecule has 0 saturated carbocycles. The Morgan fingerprint density at radius 2 is 1.64 bits per heavy atom. The standard InChI is InChI=1S/C17H19NO3S/c1-2-22-17(19)18-12-13-20-14-8-10-16(11-9-14)21-15-6-4-3-5-7-15/h3-11H,2,12-13H2,1H3,(H,18,19). The van der Waals surface area contributed by atoms with E-state index in [9.17, 15) is 4.79 Å². The van der Waals surface area contributed by atoms with E-state index in [0.29, 0.717) is 13.2 Å². The lowest BCUT2D eigenvalue weighted by Gasteiger charge is -2.09. The summed E-state index contributed by atoms with van der Waals surface area (Å²) in [7, 11) is 0. The van der Waals surface area contributed by atoms with Gasteiger partial charge in [0.25, 0.3) is 5.24 Å². The molecule has 0 radical (unpaired) electrons. The molecule has 1 N–H and O–H groups in total. The number of amides is 1. The van der Waals surface area contributed by atoms with E-state index in [1.165, 1.54) is 11.8 Å². The van der Waals surface area contributed by atoms with Crippen LogP contribution in [0.5, 0.6) is 17.2 Å². The number of thioether (sulfide) groups is 1. The summed E-state index contributed by atoms with van der Waals surface area (Å²) in [5.41, 5.74) is 0. The predicted octanol–water partition coefficient (Wildman–Crippen LogP) is 4.32. The molecular weight excluding hydrogens is 298 g/mol. The molecule has 2 aromatic rings. The quantitative estimate of drug-likeness (QED) is 0.773. The molecule has 2 rings (SSSR count). The maximum atomic E-state index is 11.3. The van der Waals surface area contributed by atoms with E-state index >= 15 is 0 Å². The van der Waals surface area contributed by atoms with Gasteiger partial charge in [0.05, 0.1) is 6.54 Å². The second-order valence-electron chi connectivity index (χ2n) is 4.38. The van der Waals surface area contributed by atoms with E-state index in [1.54, 1.807) is 0 Å². The molecule has 0 atom stereocenters. The van der Waals surface area contributed by atoms with Gasteiger partial charge in [0.2, 0.25) is 0 Å². The minimum Gasteiger partial charge on any atom is -0.492 e. The third kappa shape index (κ3) is 5.69. The van der Waals surface area contributed by atoms with Crippen LogP contribution in [0.4, 0.5) is 4.79 Å². The lowest BCUT2D eigenvalue weighted by molar-refractivity contribution is 0.256. The summed E-state index contributed by atoms with van der Waals surface area (Å²) < 4.78 is 11.3. The van der Waals surface area contributed by atoms with E-state index in [2.05, 4.69) is 5.32 Å². The van der Waals surface area contributed by atoms with Gasteiger partial charge in [-0.1, -0.05) is 36.9 Å². The minimum absolute atomic E-state index is 0.0160. The van der Waals surface area contributed by atoms with Crippen molar-refractivity contribution < 1.29 is 14.3 Å². The average Bonchev–Trinajstić information content (AvgIpc) is 2.54. The van der Waals surface area contributed by atoms with Crippen molar-refractivity contribution in [1.29, 1.82) is 0 Å². The lowest BCUT2D eigenvalue weighted by Crippen LogP contribution is -2.24. The number of rotatable bonds is 7. The summed E-state index contributed by atoms with van der Waals surface area (Å²) in [6.07, 6.45) is 0. The number of carbonyl (C=O) groups excluding carboxylic acids is 1. The zero-order chi connectivity index (χ0) is 15.6. The molecule has 116 valence electrons. The summed E-state index contributed by atoms with van der Waals surface area (Å²) in [5.74, 6) is 3.08. The van der Waals surface area contributed by atoms with Gasteiger partial charge in [-0.05, 0) is 42.2 Å². The van der Waals surface area contributed by atoms with Crippen LogP contribution in [-0.2, 0) is 0 Å². The molecule has 4 nitrogen and oxygen atoms in total. The fourth-order valence-corrected chi connectivity index (χ4v) is 2.20. The summed E-state index contributed by atoms with van der Waals surface area (Å²) in [6.45, 7) is 2.88. The van der Waals surface area contributed by atoms with Crippen molar-refractivity contribution in [2.75, 3.05) is 18.9 Å². The maximum absolute atomic E-state index is 11.3. The Hall–Kier alpha value is -2.14. The second kappa shape index (κ2) is 9.00. The van der Waals surface area contributed by atoms with Crippen LogP contribution < -0.4 is 14.8 Å². The number of benzene rings is 2. The molecule has 0 saturated heterocycles. The molecule has 0 aliphatic carbocycles. The monoisotopic (exact) mass is 317 g/mol. The Kier molecular flexibility index (Phi) is 6.64. The molecule has 0 aromatic heterocycles. The van der Waals surface area contributed by atoms with Gasteiger partial charge in [0, 0.05) is 0 Å². The number of hydrogen-bond acceptors (Lipinski definition) is 4. The normalized spacial score (nSPS) is 10.0. The Bertz CT molecular complexity index is 572. The highest BCUT2D eigenvalue weighted by Gasteiger charge is 2.00. The zero-order valence-electron chi connectivity index (χ0n) is 12.5. The van der Waals surface area contributed by atoms with E-state index in [1.807, 2.05) is 61.5 Å². The first-order valence-electron chi connectivity index (χ1n) is 7.14. The van der Waals surface area contributed by atoms with E-state index in [4.69, 9.17) is 9.47 Å². The minimum atomic E-state index is -0.0160. The molecule has 0 fully saturated rings. The molecule has 0 aliphatic heterocycles. The highest BCUT2D eigenvalue weighted by molar-refractivity contribution is 8.13. The topological polar surface area (TPSA) is 47.6 Å². The van der Waals surface area contributed by atoms with Crippen molar-refractivity contribution in [1.82, 2.24) is 5.32 Å². The van der Waals surface area contributed by atoms with Crippen molar-refractivity contribution in [3.05, 3.63) is 54.6 Å². The summed E-state index contributed by atoms with van der Waals surface area (Å²) >= 11 is 1.26. The first kappa shape index (κ1) is 16.2. The SMILES string of the molecule is CCSC(=O)NCCOc1ccc(Oc2ccccc2)cc1. The Morgan fingerprint density at radius 3 is 2.32 bits per heavy atom. The van der Waals surface area contributed by atoms with Crippen LogP contribution in [0.25, 0.3) is 0 Å². The fraction of sp³-hybridized carbons (Fsp3) is 0.235. The van der Waals surface area contributed by atoms with E-state index in [-0.39, 0.29) is 5.24 Å². The van der Waals surface area contributed by atoms with Crippen molar-refractivity contribution in [2.45, 2.75) is 6.92 Å². The molecule has 0 unspecified atom stereocenters. The molecule has 2 aromatic carbocycles. The molecule has 0 bridgehead atoms. The second-order valence-corrected chi connectivity index (χ2v) is 5.62. The number of hydrogen-bond donors (Lipinski definition) is 1. The Morgan fingerprint density at radius 1 is 1.00 bits per heavy atom. The van der Waals surface area contributed by atoms with Crippen LogP contribution in [0.3, 0.4) is 0 Å². The van der Waals surface area contributed by atoms with E-state index < -0.39 is 0 Å². The molecule has 22 heavy (non-hydrogen) atoms. The van der Waals surface area contributed by atoms with Crippen LogP contribution in [0, 0.1) is 0 Å². The summed E-state index contributed by atoms with van der Waals surface area (Å²) in [4.78, 5) is 11.3. The van der Waals surface area contributed by atoms with Crippen LogP contribution in [0.1, 0.15) is 6.92 Å². The third-order valence-corrected chi connectivity index (χ3v) is 3.41. The molecule has 0 spiro atoms. The highest BCUT2D eigenvalue weighted by atomic mass is 32.2. The maximum Gasteiger partial charge on any atom is 0.279 e. The molecule has 0 heterocycles. The van der Waals surface area contributed by atoms with Gasteiger partial charge in [-0.3, -0.25) is 4.79 Å². The van der Waals surface area contributed by atoms with Crippen LogP contribution in [-0.4, -0.2) is 24.1 Å². The van der Waals surface area contributed by atoms with Gasteiger partial charge in [0.15, 0.2) is 0 Å². The molecular formula is C17H19NO3S. The van der Waals surface area contributed by atoms with Crippen molar-refractivity contribution in [3.8, 4) is 17.2 Å². The van der Waals surface area contributed by atoms with E-state index in [0.717, 1.165) is 23.0 Å². The Labute approximate surface area is 134 Å². The van der Waals surface area contributed by atoms with Crippen molar-refractivity contribution in [3.63, 3.8) is 0 Å². The fourth-order valence-electron chi connectivity index (χ4n) is 1.73. The van der Waals surface area contributed by atoms with Gasteiger partial charge >= 0.3 is 0 Å². The van der Waals surface area contributed by atoms with Gasteiger partial charge in [-0.15, -0.1) is 0 Å². The number of nitrogens with one attached hydrogen (secondary N) is 1. The van der Waals surface area contributed by atoms with Crippen molar-refractivity contribution >= 4 is 17.0 Å². The first-order chi connectivity index (χ1) is 10.8. The summed E-state index contributed by atoms with van der Waals surface area (Å²) in [5, 5.41) is 2.76. The molecule has 0 aliphatic rings. The van der Waals surface area contributed by atoms with Crippen LogP contribution in [0.15, 0.2) is 54.6 Å². The van der Waals surface area contributed by atoms with Crippen LogP contribution in [0.2, 0.25) is 0 Å². The highest BCUT2D eigenvalue weighted by Crippen LogP contribution is 2.23. The predicted molar refractivity (Wildman–Crippen MR) is 90.0 cm³/mol. The molecule has 5 heteroatoms. The van der Waals surface area contributed by atoms with Crippen LogP contribution >= 0.6 is 11.8 Å². The summed E-state index contributed by atoms with van der Waals surface area (Å²) in [6, 6.07) is 17.0. The third-order valence-electron chi connectivity index (χ3n) is 2.72.